The molecule has 0 aliphatic carbocycles. The van der Waals surface area contributed by atoms with E-state index in [-0.39, 0.29) is 17.0 Å². The van der Waals surface area contributed by atoms with Gasteiger partial charge in [0.05, 0.1) is 24.8 Å². The standard InChI is InChI=1S/C19H18N2O5S/c1-25-16-9-7-15(8-10-16)21-19(22)14-4-2-6-18(12-14)27(23,24)20-13-17-5-3-11-26-17/h2-12,20H,13H2,1H3,(H,21,22). The van der Waals surface area contributed by atoms with Crippen LogP contribution in [-0.2, 0) is 16.6 Å². The summed E-state index contributed by atoms with van der Waals surface area (Å²) in [6.07, 6.45) is 1.47. The number of nitrogens with one attached hydrogen (secondary N) is 2. The molecule has 3 rings (SSSR count). The number of rotatable bonds is 7. The minimum absolute atomic E-state index is 0.00330. The summed E-state index contributed by atoms with van der Waals surface area (Å²) in [6.45, 7) is 0.0254. The number of benzene rings is 2. The summed E-state index contributed by atoms with van der Waals surface area (Å²) in [5.74, 6) is 0.749. The molecule has 0 fully saturated rings. The lowest BCUT2D eigenvalue weighted by molar-refractivity contribution is 0.102. The average molecular weight is 386 g/mol. The molecule has 0 atom stereocenters. The summed E-state index contributed by atoms with van der Waals surface area (Å²) in [6, 6.07) is 16.0. The van der Waals surface area contributed by atoms with Gasteiger partial charge in [0.25, 0.3) is 5.91 Å². The van der Waals surface area contributed by atoms with Gasteiger partial charge >= 0.3 is 0 Å². The maximum atomic E-state index is 12.4. The van der Waals surface area contributed by atoms with Crippen molar-refractivity contribution in [2.24, 2.45) is 0 Å². The Morgan fingerprint density at radius 3 is 2.52 bits per heavy atom. The van der Waals surface area contributed by atoms with Crippen molar-refractivity contribution in [3.63, 3.8) is 0 Å². The van der Waals surface area contributed by atoms with Crippen LogP contribution in [-0.4, -0.2) is 21.4 Å². The zero-order valence-corrected chi connectivity index (χ0v) is 15.3. The molecule has 0 saturated carbocycles. The van der Waals surface area contributed by atoms with E-state index in [1.807, 2.05) is 0 Å². The summed E-state index contributed by atoms with van der Waals surface area (Å²) in [7, 11) is -2.23. The predicted molar refractivity (Wildman–Crippen MR) is 100 cm³/mol. The van der Waals surface area contributed by atoms with E-state index in [4.69, 9.17) is 9.15 Å². The highest BCUT2D eigenvalue weighted by Crippen LogP contribution is 2.17. The molecule has 0 aliphatic rings. The first kappa shape index (κ1) is 18.7. The van der Waals surface area contributed by atoms with Crippen molar-refractivity contribution in [2.75, 3.05) is 12.4 Å². The third-order valence-corrected chi connectivity index (χ3v) is 5.17. The maximum absolute atomic E-state index is 12.4. The van der Waals surface area contributed by atoms with E-state index in [0.29, 0.717) is 17.2 Å². The Hall–Kier alpha value is -3.10. The number of furan rings is 1. The number of carbonyl (C=O) groups is 1. The lowest BCUT2D eigenvalue weighted by Gasteiger charge is -2.09. The fourth-order valence-corrected chi connectivity index (χ4v) is 3.38. The number of hydrogen-bond acceptors (Lipinski definition) is 5. The Labute approximate surface area is 157 Å². The number of hydrogen-bond donors (Lipinski definition) is 2. The number of ether oxygens (including phenoxy) is 1. The van der Waals surface area contributed by atoms with Crippen molar-refractivity contribution in [1.82, 2.24) is 4.72 Å². The van der Waals surface area contributed by atoms with E-state index in [0.717, 1.165) is 0 Å². The number of carbonyl (C=O) groups excluding carboxylic acids is 1. The number of sulfonamides is 1. The van der Waals surface area contributed by atoms with Crippen LogP contribution in [0.5, 0.6) is 5.75 Å². The van der Waals surface area contributed by atoms with Gasteiger partial charge in [0.15, 0.2) is 0 Å². The quantitative estimate of drug-likeness (QED) is 0.650. The predicted octanol–water partition coefficient (Wildman–Crippen LogP) is 3.02. The second-order valence-corrected chi connectivity index (χ2v) is 7.38. The van der Waals surface area contributed by atoms with Crippen LogP contribution < -0.4 is 14.8 Å². The molecule has 1 aromatic heterocycles. The molecule has 0 unspecified atom stereocenters. The molecule has 0 spiro atoms. The van der Waals surface area contributed by atoms with Crippen LogP contribution in [0.15, 0.2) is 76.2 Å². The SMILES string of the molecule is COc1ccc(NC(=O)c2cccc(S(=O)(=O)NCc3ccco3)c2)cc1. The molecule has 3 aromatic rings. The number of methoxy groups -OCH3 is 1. The Morgan fingerprint density at radius 1 is 1.07 bits per heavy atom. The van der Waals surface area contributed by atoms with Crippen molar-refractivity contribution in [3.8, 4) is 5.75 Å². The molecule has 2 aromatic carbocycles. The fraction of sp³-hybridized carbons (Fsp3) is 0.105. The molecule has 0 saturated heterocycles. The lowest BCUT2D eigenvalue weighted by atomic mass is 10.2. The van der Waals surface area contributed by atoms with Gasteiger partial charge in [-0.1, -0.05) is 6.07 Å². The van der Waals surface area contributed by atoms with Crippen LogP contribution in [0, 0.1) is 0 Å². The van der Waals surface area contributed by atoms with Crippen molar-refractivity contribution < 1.29 is 22.4 Å². The van der Waals surface area contributed by atoms with Crippen LogP contribution in [0.2, 0.25) is 0 Å². The molecular weight excluding hydrogens is 368 g/mol. The number of anilines is 1. The fourth-order valence-electron chi connectivity index (χ4n) is 2.34. The highest BCUT2D eigenvalue weighted by molar-refractivity contribution is 7.89. The largest absolute Gasteiger partial charge is 0.497 e. The van der Waals surface area contributed by atoms with Gasteiger partial charge in [0, 0.05) is 11.3 Å². The van der Waals surface area contributed by atoms with Gasteiger partial charge in [0.2, 0.25) is 10.0 Å². The van der Waals surface area contributed by atoms with E-state index in [9.17, 15) is 13.2 Å². The summed E-state index contributed by atoms with van der Waals surface area (Å²) in [5.41, 5.74) is 0.802. The summed E-state index contributed by atoms with van der Waals surface area (Å²) in [5, 5.41) is 2.72. The molecule has 0 radical (unpaired) electrons. The molecular formula is C19H18N2O5S. The minimum Gasteiger partial charge on any atom is -0.497 e. The summed E-state index contributed by atoms with van der Waals surface area (Å²) >= 11 is 0. The third kappa shape index (κ3) is 4.75. The van der Waals surface area contributed by atoms with Gasteiger partial charge in [-0.25, -0.2) is 13.1 Å². The van der Waals surface area contributed by atoms with Crippen LogP contribution in [0.1, 0.15) is 16.1 Å². The van der Waals surface area contributed by atoms with E-state index in [1.54, 1.807) is 49.6 Å². The zero-order chi connectivity index (χ0) is 19.3. The highest BCUT2D eigenvalue weighted by Gasteiger charge is 2.17. The first-order chi connectivity index (χ1) is 13.0. The van der Waals surface area contributed by atoms with Gasteiger partial charge in [-0.15, -0.1) is 0 Å². The van der Waals surface area contributed by atoms with Crippen LogP contribution in [0.3, 0.4) is 0 Å². The van der Waals surface area contributed by atoms with E-state index in [2.05, 4.69) is 10.0 Å². The Balaban J connectivity index is 1.72. The second-order valence-electron chi connectivity index (χ2n) is 5.61. The molecule has 27 heavy (non-hydrogen) atoms. The van der Waals surface area contributed by atoms with Gasteiger partial charge in [-0.2, -0.15) is 0 Å². The van der Waals surface area contributed by atoms with Crippen LogP contribution in [0.4, 0.5) is 5.69 Å². The Bertz CT molecular complexity index is 1010. The molecule has 0 aliphatic heterocycles. The topological polar surface area (TPSA) is 97.6 Å². The molecule has 140 valence electrons. The van der Waals surface area contributed by atoms with Crippen LogP contribution in [0.25, 0.3) is 0 Å². The molecule has 8 heteroatoms. The molecule has 1 heterocycles. The van der Waals surface area contributed by atoms with Crippen molar-refractivity contribution in [1.29, 1.82) is 0 Å². The van der Waals surface area contributed by atoms with E-state index < -0.39 is 15.9 Å². The Kier molecular flexibility index (Phi) is 5.58. The average Bonchev–Trinajstić information content (AvgIpc) is 3.21. The normalized spacial score (nSPS) is 11.1. The minimum atomic E-state index is -3.78. The van der Waals surface area contributed by atoms with E-state index in [1.165, 1.54) is 24.5 Å². The smallest absolute Gasteiger partial charge is 0.255 e. The molecule has 0 bridgehead atoms. The second kappa shape index (κ2) is 8.07. The van der Waals surface area contributed by atoms with Crippen molar-refractivity contribution in [2.45, 2.75) is 11.4 Å². The summed E-state index contributed by atoms with van der Waals surface area (Å²) < 4.78 is 37.5. The first-order valence-electron chi connectivity index (χ1n) is 8.05. The third-order valence-electron chi connectivity index (χ3n) is 3.77. The number of amides is 1. The van der Waals surface area contributed by atoms with Gasteiger partial charge < -0.3 is 14.5 Å². The molecule has 7 nitrogen and oxygen atoms in total. The zero-order valence-electron chi connectivity index (χ0n) is 14.5. The van der Waals surface area contributed by atoms with Gasteiger partial charge in [-0.3, -0.25) is 4.79 Å². The lowest BCUT2D eigenvalue weighted by Crippen LogP contribution is -2.23. The maximum Gasteiger partial charge on any atom is 0.255 e. The van der Waals surface area contributed by atoms with Gasteiger partial charge in [-0.05, 0) is 54.6 Å². The monoisotopic (exact) mass is 386 g/mol. The highest BCUT2D eigenvalue weighted by atomic mass is 32.2. The molecule has 2 N–H and O–H groups in total. The van der Waals surface area contributed by atoms with Crippen molar-refractivity contribution >= 4 is 21.6 Å². The first-order valence-corrected chi connectivity index (χ1v) is 9.54. The van der Waals surface area contributed by atoms with Gasteiger partial charge in [0.1, 0.15) is 11.5 Å². The van der Waals surface area contributed by atoms with Crippen LogP contribution >= 0.6 is 0 Å². The van der Waals surface area contributed by atoms with Crippen molar-refractivity contribution in [3.05, 3.63) is 78.3 Å². The molecule has 1 amide bonds. The Morgan fingerprint density at radius 2 is 1.85 bits per heavy atom. The van der Waals surface area contributed by atoms with E-state index >= 15 is 0 Å². The summed E-state index contributed by atoms with van der Waals surface area (Å²) in [4.78, 5) is 12.4.